The molecule has 1 aliphatic carbocycles. The van der Waals surface area contributed by atoms with E-state index in [1.165, 1.54) is 7.11 Å². The van der Waals surface area contributed by atoms with Crippen LogP contribution in [0.2, 0.25) is 0 Å². The molecule has 2 rings (SSSR count). The number of rotatable bonds is 3. The lowest BCUT2D eigenvalue weighted by molar-refractivity contribution is -0.147. The van der Waals surface area contributed by atoms with Crippen molar-refractivity contribution in [2.24, 2.45) is 10.8 Å². The SMILES string of the molecule is COC(=O)[C@@H]1C[C@H](N(C(=O)C(C)(C)C)C2CCC(C)(C)CC2)CN1. The fraction of sp³-hybridized carbons (Fsp3) is 0.895. The Kier molecular flexibility index (Phi) is 5.63. The van der Waals surface area contributed by atoms with Crippen LogP contribution in [0.15, 0.2) is 0 Å². The van der Waals surface area contributed by atoms with Gasteiger partial charge in [0.1, 0.15) is 6.04 Å². The topological polar surface area (TPSA) is 58.6 Å². The first-order valence-corrected chi connectivity index (χ1v) is 9.19. The minimum absolute atomic E-state index is 0.0760. The summed E-state index contributed by atoms with van der Waals surface area (Å²) in [6.45, 7) is 11.2. The Labute approximate surface area is 146 Å². The van der Waals surface area contributed by atoms with Crippen molar-refractivity contribution in [3.05, 3.63) is 0 Å². The fourth-order valence-corrected chi connectivity index (χ4v) is 3.93. The molecule has 1 saturated carbocycles. The van der Waals surface area contributed by atoms with E-state index >= 15 is 0 Å². The second-order valence-electron chi connectivity index (χ2n) is 9.23. The standard InChI is InChI=1S/C19H34N2O3/c1-18(2,3)17(23)21(13-7-9-19(4,5)10-8-13)14-11-15(20-12-14)16(22)24-6/h13-15,20H,7-12H2,1-6H3/t14-,15-/m0/s1. The second kappa shape index (κ2) is 7.03. The van der Waals surface area contributed by atoms with E-state index in [0.717, 1.165) is 25.7 Å². The van der Waals surface area contributed by atoms with Crippen LogP contribution in [0.4, 0.5) is 0 Å². The van der Waals surface area contributed by atoms with E-state index in [-0.39, 0.29) is 30.0 Å². The fourth-order valence-electron chi connectivity index (χ4n) is 3.93. The lowest BCUT2D eigenvalue weighted by Crippen LogP contribution is -2.53. The van der Waals surface area contributed by atoms with Gasteiger partial charge in [0, 0.05) is 24.0 Å². The summed E-state index contributed by atoms with van der Waals surface area (Å²) in [7, 11) is 1.42. The van der Waals surface area contributed by atoms with E-state index in [1.807, 2.05) is 20.8 Å². The first kappa shape index (κ1) is 19.2. The second-order valence-corrected chi connectivity index (χ2v) is 9.23. The number of hydrogen-bond acceptors (Lipinski definition) is 4. The molecule has 1 heterocycles. The van der Waals surface area contributed by atoms with Gasteiger partial charge in [-0.3, -0.25) is 9.59 Å². The first-order valence-electron chi connectivity index (χ1n) is 9.19. The highest BCUT2D eigenvalue weighted by Crippen LogP contribution is 2.39. The molecule has 0 aromatic rings. The van der Waals surface area contributed by atoms with E-state index in [4.69, 9.17) is 4.74 Å². The molecule has 0 spiro atoms. The molecule has 0 radical (unpaired) electrons. The maximum Gasteiger partial charge on any atom is 0.322 e. The molecule has 0 bridgehead atoms. The molecule has 24 heavy (non-hydrogen) atoms. The molecule has 1 aliphatic heterocycles. The summed E-state index contributed by atoms with van der Waals surface area (Å²) in [5.41, 5.74) is -0.0360. The van der Waals surface area contributed by atoms with Crippen LogP contribution in [0, 0.1) is 10.8 Å². The van der Waals surface area contributed by atoms with Gasteiger partial charge in [-0.1, -0.05) is 34.6 Å². The zero-order valence-corrected chi connectivity index (χ0v) is 16.1. The van der Waals surface area contributed by atoms with E-state index in [0.29, 0.717) is 18.4 Å². The van der Waals surface area contributed by atoms with Gasteiger partial charge in [0.15, 0.2) is 0 Å². The van der Waals surface area contributed by atoms with Gasteiger partial charge < -0.3 is 15.0 Å². The molecule has 0 aromatic heterocycles. The average Bonchev–Trinajstić information content (AvgIpc) is 2.97. The molecule has 2 aliphatic rings. The van der Waals surface area contributed by atoms with E-state index in [1.54, 1.807) is 0 Å². The van der Waals surface area contributed by atoms with Crippen LogP contribution in [-0.2, 0) is 14.3 Å². The summed E-state index contributed by atoms with van der Waals surface area (Å²) in [4.78, 5) is 27.1. The van der Waals surface area contributed by atoms with Gasteiger partial charge in [-0.15, -0.1) is 0 Å². The van der Waals surface area contributed by atoms with Crippen molar-refractivity contribution in [2.75, 3.05) is 13.7 Å². The van der Waals surface area contributed by atoms with Crippen LogP contribution in [-0.4, -0.2) is 48.6 Å². The maximum absolute atomic E-state index is 13.1. The Morgan fingerprint density at radius 1 is 1.12 bits per heavy atom. The smallest absolute Gasteiger partial charge is 0.322 e. The zero-order valence-electron chi connectivity index (χ0n) is 16.1. The minimum atomic E-state index is -0.406. The van der Waals surface area contributed by atoms with Gasteiger partial charge in [-0.25, -0.2) is 0 Å². The Balaban J connectivity index is 2.16. The molecule has 0 aromatic carbocycles. The summed E-state index contributed by atoms with van der Waals surface area (Å²) >= 11 is 0. The molecule has 138 valence electrons. The highest BCUT2D eigenvalue weighted by molar-refractivity contribution is 5.82. The molecular formula is C19H34N2O3. The van der Waals surface area contributed by atoms with Crippen molar-refractivity contribution in [1.82, 2.24) is 10.2 Å². The van der Waals surface area contributed by atoms with Gasteiger partial charge in [-0.2, -0.15) is 0 Å². The molecule has 1 amide bonds. The largest absolute Gasteiger partial charge is 0.468 e. The van der Waals surface area contributed by atoms with Crippen molar-refractivity contribution in [1.29, 1.82) is 0 Å². The van der Waals surface area contributed by atoms with E-state index in [2.05, 4.69) is 24.1 Å². The predicted molar refractivity (Wildman–Crippen MR) is 94.5 cm³/mol. The van der Waals surface area contributed by atoms with Crippen molar-refractivity contribution in [2.45, 2.75) is 84.8 Å². The van der Waals surface area contributed by atoms with Crippen LogP contribution >= 0.6 is 0 Å². The van der Waals surface area contributed by atoms with Crippen molar-refractivity contribution >= 4 is 11.9 Å². The number of amides is 1. The highest BCUT2D eigenvalue weighted by Gasteiger charge is 2.43. The Morgan fingerprint density at radius 2 is 1.71 bits per heavy atom. The molecule has 5 heteroatoms. The first-order chi connectivity index (χ1) is 11.0. The summed E-state index contributed by atoms with van der Waals surface area (Å²) in [6.07, 6.45) is 5.04. The van der Waals surface area contributed by atoms with Crippen LogP contribution in [0.3, 0.4) is 0 Å². The number of carbonyl (C=O) groups excluding carboxylic acids is 2. The van der Waals surface area contributed by atoms with Gasteiger partial charge in [-0.05, 0) is 37.5 Å². The quantitative estimate of drug-likeness (QED) is 0.804. The molecule has 2 atom stereocenters. The minimum Gasteiger partial charge on any atom is -0.468 e. The normalized spacial score (nSPS) is 27.8. The summed E-state index contributed by atoms with van der Waals surface area (Å²) < 4.78 is 4.86. The molecule has 1 N–H and O–H groups in total. The van der Waals surface area contributed by atoms with Crippen LogP contribution < -0.4 is 5.32 Å². The number of ether oxygens (including phenoxy) is 1. The Bertz CT molecular complexity index is 471. The third kappa shape index (κ3) is 4.29. The highest BCUT2D eigenvalue weighted by atomic mass is 16.5. The Morgan fingerprint density at radius 3 is 2.21 bits per heavy atom. The van der Waals surface area contributed by atoms with Crippen molar-refractivity contribution < 1.29 is 14.3 Å². The number of hydrogen-bond donors (Lipinski definition) is 1. The van der Waals surface area contributed by atoms with Crippen LogP contribution in [0.1, 0.15) is 66.7 Å². The summed E-state index contributed by atoms with van der Waals surface area (Å²) in [6, 6.07) is 0.0651. The number of esters is 1. The van der Waals surface area contributed by atoms with Crippen molar-refractivity contribution in [3.63, 3.8) is 0 Å². The average molecular weight is 338 g/mol. The summed E-state index contributed by atoms with van der Waals surface area (Å²) in [5.74, 6) is -0.0324. The third-order valence-electron chi connectivity index (χ3n) is 5.56. The maximum atomic E-state index is 13.1. The molecule has 0 unspecified atom stereocenters. The monoisotopic (exact) mass is 338 g/mol. The lowest BCUT2D eigenvalue weighted by Gasteiger charge is -2.44. The van der Waals surface area contributed by atoms with Crippen molar-refractivity contribution in [3.8, 4) is 0 Å². The zero-order chi connectivity index (χ0) is 18.1. The van der Waals surface area contributed by atoms with E-state index < -0.39 is 5.41 Å². The van der Waals surface area contributed by atoms with Crippen LogP contribution in [0.5, 0.6) is 0 Å². The van der Waals surface area contributed by atoms with E-state index in [9.17, 15) is 9.59 Å². The number of nitrogens with one attached hydrogen (secondary N) is 1. The molecule has 5 nitrogen and oxygen atoms in total. The van der Waals surface area contributed by atoms with Gasteiger partial charge in [0.05, 0.1) is 7.11 Å². The third-order valence-corrected chi connectivity index (χ3v) is 5.56. The Hall–Kier alpha value is -1.10. The number of carbonyl (C=O) groups is 2. The van der Waals surface area contributed by atoms with Crippen LogP contribution in [0.25, 0.3) is 0 Å². The van der Waals surface area contributed by atoms with Gasteiger partial charge in [0.25, 0.3) is 0 Å². The lowest BCUT2D eigenvalue weighted by atomic mass is 9.74. The molecule has 2 fully saturated rings. The van der Waals surface area contributed by atoms with Gasteiger partial charge in [0.2, 0.25) is 5.91 Å². The number of nitrogens with zero attached hydrogens (tertiary/aromatic N) is 1. The number of methoxy groups -OCH3 is 1. The van der Waals surface area contributed by atoms with Gasteiger partial charge >= 0.3 is 5.97 Å². The predicted octanol–water partition coefficient (Wildman–Crippen LogP) is 2.73. The summed E-state index contributed by atoms with van der Waals surface area (Å²) in [5, 5.41) is 3.23. The molecule has 1 saturated heterocycles. The molecular weight excluding hydrogens is 304 g/mol.